The molecule has 5 heteroatoms. The third-order valence-corrected chi connectivity index (χ3v) is 1.96. The van der Waals surface area contributed by atoms with Crippen LogP contribution in [0.3, 0.4) is 0 Å². The van der Waals surface area contributed by atoms with Crippen molar-refractivity contribution in [3.8, 4) is 0 Å². The van der Waals surface area contributed by atoms with E-state index in [1.807, 2.05) is 13.8 Å². The smallest absolute Gasteiger partial charge is 0.343 e. The van der Waals surface area contributed by atoms with Gasteiger partial charge in [-0.25, -0.2) is 0 Å². The van der Waals surface area contributed by atoms with Crippen LogP contribution in [-0.2, 0) is 4.74 Å². The highest BCUT2D eigenvalue weighted by atomic mass is 19.4. The first kappa shape index (κ1) is 9.80. The number of epoxide rings is 1. The van der Waals surface area contributed by atoms with Gasteiger partial charge in [0.15, 0.2) is 6.10 Å². The summed E-state index contributed by atoms with van der Waals surface area (Å²) in [5.41, 5.74) is 0. The van der Waals surface area contributed by atoms with E-state index < -0.39 is 18.5 Å². The molecule has 0 amide bonds. The molecule has 1 fully saturated rings. The van der Waals surface area contributed by atoms with E-state index in [-0.39, 0.29) is 0 Å². The molecule has 72 valence electrons. The molecule has 2 atom stereocenters. The maximum atomic E-state index is 12.0. The van der Waals surface area contributed by atoms with Crippen LogP contribution in [0.2, 0.25) is 0 Å². The van der Waals surface area contributed by atoms with E-state index in [0.29, 0.717) is 13.1 Å². The van der Waals surface area contributed by atoms with E-state index in [0.717, 1.165) is 0 Å². The quantitative estimate of drug-likeness (QED) is 0.618. The molecule has 2 nitrogen and oxygen atoms in total. The van der Waals surface area contributed by atoms with E-state index in [1.54, 1.807) is 4.90 Å². The van der Waals surface area contributed by atoms with Gasteiger partial charge in [-0.1, -0.05) is 13.8 Å². The van der Waals surface area contributed by atoms with Gasteiger partial charge in [0.05, 0.1) is 0 Å². The Balaban J connectivity index is 2.41. The van der Waals surface area contributed by atoms with Crippen LogP contribution < -0.4 is 0 Å². The zero-order valence-corrected chi connectivity index (χ0v) is 7.06. The highest BCUT2D eigenvalue weighted by Gasteiger charge is 2.59. The Hall–Kier alpha value is -0.290. The van der Waals surface area contributed by atoms with E-state index in [4.69, 9.17) is 0 Å². The van der Waals surface area contributed by atoms with Crippen molar-refractivity contribution in [3.63, 3.8) is 0 Å². The first-order valence-corrected chi connectivity index (χ1v) is 3.97. The number of likely N-dealkylation sites (N-methyl/N-ethyl adjacent to an activating group) is 1. The summed E-state index contributed by atoms with van der Waals surface area (Å²) in [6, 6.07) is 0. The minimum Gasteiger partial charge on any atom is -0.343 e. The minimum absolute atomic E-state index is 0.591. The van der Waals surface area contributed by atoms with Gasteiger partial charge in [0, 0.05) is 0 Å². The number of halogens is 3. The average molecular weight is 183 g/mol. The molecular weight excluding hydrogens is 171 g/mol. The summed E-state index contributed by atoms with van der Waals surface area (Å²) in [5, 5.41) is 0. The number of hydrogen-bond acceptors (Lipinski definition) is 2. The summed E-state index contributed by atoms with van der Waals surface area (Å²) >= 11 is 0. The summed E-state index contributed by atoms with van der Waals surface area (Å²) < 4.78 is 40.4. The average Bonchev–Trinajstić information content (AvgIpc) is 2.68. The minimum atomic E-state index is -4.20. The van der Waals surface area contributed by atoms with Crippen LogP contribution in [0.5, 0.6) is 0 Å². The fourth-order valence-electron chi connectivity index (χ4n) is 1.20. The summed E-state index contributed by atoms with van der Waals surface area (Å²) in [6.07, 6.45) is -6.50. The Bertz CT molecular complexity index is 155. The lowest BCUT2D eigenvalue weighted by molar-refractivity contribution is -0.146. The predicted octanol–water partition coefficient (Wildman–Crippen LogP) is 1.62. The number of nitrogens with zero attached hydrogens (tertiary/aromatic N) is 1. The summed E-state index contributed by atoms with van der Waals surface area (Å²) in [7, 11) is 0. The Morgan fingerprint density at radius 2 is 1.75 bits per heavy atom. The molecule has 2 unspecified atom stereocenters. The molecule has 0 aromatic rings. The van der Waals surface area contributed by atoms with Crippen LogP contribution in [0, 0.1) is 0 Å². The fourth-order valence-corrected chi connectivity index (χ4v) is 1.20. The number of rotatable bonds is 3. The van der Waals surface area contributed by atoms with E-state index in [9.17, 15) is 13.2 Å². The van der Waals surface area contributed by atoms with Crippen LogP contribution in [0.15, 0.2) is 0 Å². The lowest BCUT2D eigenvalue weighted by Crippen LogP contribution is -2.31. The van der Waals surface area contributed by atoms with Gasteiger partial charge in [-0.15, -0.1) is 0 Å². The molecule has 0 aliphatic carbocycles. The molecule has 1 saturated heterocycles. The molecule has 1 heterocycles. The number of hydrogen-bond donors (Lipinski definition) is 0. The van der Waals surface area contributed by atoms with Crippen LogP contribution in [0.25, 0.3) is 0 Å². The Kier molecular flexibility index (Phi) is 2.63. The molecule has 12 heavy (non-hydrogen) atoms. The Morgan fingerprint density at radius 3 is 2.00 bits per heavy atom. The van der Waals surface area contributed by atoms with Gasteiger partial charge in [-0.2, -0.15) is 13.2 Å². The summed E-state index contributed by atoms with van der Waals surface area (Å²) in [4.78, 5) is 1.65. The molecular formula is C7H12F3NO. The molecule has 0 radical (unpaired) electrons. The van der Waals surface area contributed by atoms with E-state index in [2.05, 4.69) is 4.74 Å². The van der Waals surface area contributed by atoms with Crippen molar-refractivity contribution in [2.75, 3.05) is 13.1 Å². The zero-order valence-electron chi connectivity index (χ0n) is 7.06. The molecule has 1 aliphatic rings. The standard InChI is InChI=1S/C7H12F3NO/c1-3-11(4-2)6-5(12-6)7(8,9)10/h5-6H,3-4H2,1-2H3. The predicted molar refractivity (Wildman–Crippen MR) is 37.6 cm³/mol. The molecule has 0 saturated carbocycles. The molecule has 0 N–H and O–H groups in total. The van der Waals surface area contributed by atoms with Crippen LogP contribution in [-0.4, -0.2) is 36.5 Å². The second kappa shape index (κ2) is 3.22. The molecule has 0 aromatic heterocycles. The molecule has 0 aromatic carbocycles. The highest BCUT2D eigenvalue weighted by molar-refractivity contribution is 4.90. The van der Waals surface area contributed by atoms with Crippen molar-refractivity contribution in [1.29, 1.82) is 0 Å². The van der Waals surface area contributed by atoms with Gasteiger partial charge in [0.1, 0.15) is 6.23 Å². The SMILES string of the molecule is CCN(CC)C1OC1C(F)(F)F. The summed E-state index contributed by atoms with van der Waals surface area (Å²) in [5.74, 6) is 0. The van der Waals surface area contributed by atoms with Crippen LogP contribution >= 0.6 is 0 Å². The van der Waals surface area contributed by atoms with Gasteiger partial charge in [0.2, 0.25) is 0 Å². The second-order valence-corrected chi connectivity index (χ2v) is 2.71. The third-order valence-electron chi connectivity index (χ3n) is 1.96. The molecule has 0 bridgehead atoms. The lowest BCUT2D eigenvalue weighted by atomic mass is 10.3. The van der Waals surface area contributed by atoms with Gasteiger partial charge in [0.25, 0.3) is 0 Å². The lowest BCUT2D eigenvalue weighted by Gasteiger charge is -2.14. The Labute approximate surface area is 69.3 Å². The number of ether oxygens (including phenoxy) is 1. The summed E-state index contributed by atoms with van der Waals surface area (Å²) in [6.45, 7) is 4.82. The maximum absolute atomic E-state index is 12.0. The first-order chi connectivity index (χ1) is 5.50. The number of alkyl halides is 3. The van der Waals surface area contributed by atoms with Crippen molar-refractivity contribution in [3.05, 3.63) is 0 Å². The van der Waals surface area contributed by atoms with Gasteiger partial charge < -0.3 is 4.74 Å². The van der Waals surface area contributed by atoms with Crippen LogP contribution in [0.1, 0.15) is 13.8 Å². The zero-order chi connectivity index (χ0) is 9.35. The topological polar surface area (TPSA) is 15.8 Å². The molecule has 1 rings (SSSR count). The van der Waals surface area contributed by atoms with Crippen molar-refractivity contribution >= 4 is 0 Å². The normalized spacial score (nSPS) is 29.5. The van der Waals surface area contributed by atoms with Gasteiger partial charge in [-0.3, -0.25) is 4.90 Å². The van der Waals surface area contributed by atoms with Crippen molar-refractivity contribution in [1.82, 2.24) is 4.90 Å². The maximum Gasteiger partial charge on any atom is 0.418 e. The van der Waals surface area contributed by atoms with Gasteiger partial charge in [-0.05, 0) is 13.1 Å². The molecule has 0 spiro atoms. The monoisotopic (exact) mass is 183 g/mol. The van der Waals surface area contributed by atoms with Crippen molar-refractivity contribution in [2.24, 2.45) is 0 Å². The van der Waals surface area contributed by atoms with Crippen molar-refractivity contribution < 1.29 is 17.9 Å². The second-order valence-electron chi connectivity index (χ2n) is 2.71. The van der Waals surface area contributed by atoms with Gasteiger partial charge >= 0.3 is 6.18 Å². The third kappa shape index (κ3) is 1.90. The van der Waals surface area contributed by atoms with E-state index in [1.165, 1.54) is 0 Å². The molecule has 1 aliphatic heterocycles. The highest BCUT2D eigenvalue weighted by Crippen LogP contribution is 2.39. The first-order valence-electron chi connectivity index (χ1n) is 3.97. The van der Waals surface area contributed by atoms with Crippen molar-refractivity contribution in [2.45, 2.75) is 32.4 Å². The van der Waals surface area contributed by atoms with Crippen LogP contribution in [0.4, 0.5) is 13.2 Å². The fraction of sp³-hybridized carbons (Fsp3) is 1.00. The van der Waals surface area contributed by atoms with E-state index >= 15 is 0 Å². The largest absolute Gasteiger partial charge is 0.418 e. The Morgan fingerprint density at radius 1 is 1.25 bits per heavy atom.